The Labute approximate surface area is 54.5 Å². The molecule has 0 fully saturated rings. The molecule has 2 nitrogen and oxygen atoms in total. The molecule has 2 heteroatoms. The van der Waals surface area contributed by atoms with E-state index in [1.54, 1.807) is 13.2 Å². The molecule has 1 heterocycles. The predicted molar refractivity (Wildman–Crippen MR) is 34.4 cm³/mol. The highest BCUT2D eigenvalue weighted by atomic mass is 16.5. The zero-order valence-corrected chi connectivity index (χ0v) is 5.51. The van der Waals surface area contributed by atoms with Crippen LogP contribution in [-0.4, -0.2) is 12.1 Å². The third-order valence-corrected chi connectivity index (χ3v) is 1.03. The highest BCUT2D eigenvalue weighted by Crippen LogP contribution is 2.07. The number of nitrogens with zero attached hydrogens (tertiary/aromatic N) is 1. The van der Waals surface area contributed by atoms with Crippen molar-refractivity contribution >= 4 is 0 Å². The molecule has 1 rings (SSSR count). The molecule has 0 aliphatic heterocycles. The van der Waals surface area contributed by atoms with Crippen molar-refractivity contribution in [2.75, 3.05) is 7.11 Å². The highest BCUT2D eigenvalue weighted by molar-refractivity contribution is 5.20. The standard InChI is InChI=1S/C7H8NO/c1-6-5-7(9-2)3-4-8-6/h3,5H,1-2H3. The molecule has 0 aliphatic carbocycles. The number of aromatic nitrogens is 1. The zero-order valence-electron chi connectivity index (χ0n) is 5.51. The lowest BCUT2D eigenvalue weighted by Gasteiger charge is -1.96. The van der Waals surface area contributed by atoms with Crippen LogP contribution >= 0.6 is 0 Å². The maximum Gasteiger partial charge on any atom is 0.122 e. The molecule has 0 amide bonds. The first-order valence-electron chi connectivity index (χ1n) is 2.71. The number of ether oxygens (including phenoxy) is 1. The summed E-state index contributed by atoms with van der Waals surface area (Å²) in [5, 5.41) is 0. The molecule has 47 valence electrons. The molecule has 0 N–H and O–H groups in total. The first-order valence-corrected chi connectivity index (χ1v) is 2.71. The van der Waals surface area contributed by atoms with Crippen LogP contribution in [0.2, 0.25) is 0 Å². The second-order valence-electron chi connectivity index (χ2n) is 1.78. The van der Waals surface area contributed by atoms with Gasteiger partial charge in [0.2, 0.25) is 0 Å². The minimum atomic E-state index is 0.808. The lowest BCUT2D eigenvalue weighted by molar-refractivity contribution is 0.413. The van der Waals surface area contributed by atoms with Gasteiger partial charge in [0.25, 0.3) is 0 Å². The Morgan fingerprint density at radius 1 is 1.67 bits per heavy atom. The summed E-state index contributed by atoms with van der Waals surface area (Å²) in [5.41, 5.74) is 0.925. The molecule has 1 radical (unpaired) electrons. The van der Waals surface area contributed by atoms with Gasteiger partial charge in [-0.05, 0) is 6.92 Å². The molecule has 0 aromatic carbocycles. The molecule has 9 heavy (non-hydrogen) atoms. The number of hydrogen-bond donors (Lipinski definition) is 0. The Kier molecular flexibility index (Phi) is 1.68. The van der Waals surface area contributed by atoms with Crippen molar-refractivity contribution < 1.29 is 4.74 Å². The van der Waals surface area contributed by atoms with E-state index in [2.05, 4.69) is 11.2 Å². The SMILES string of the molecule is COc1c[c]nc(C)c1. The zero-order chi connectivity index (χ0) is 6.69. The molecule has 0 bridgehead atoms. The van der Waals surface area contributed by atoms with Crippen molar-refractivity contribution in [1.29, 1.82) is 0 Å². The van der Waals surface area contributed by atoms with Crippen LogP contribution in [0.4, 0.5) is 0 Å². The predicted octanol–water partition coefficient (Wildman–Crippen LogP) is 1.20. The molecule has 0 aliphatic rings. The van der Waals surface area contributed by atoms with Gasteiger partial charge in [0.1, 0.15) is 5.75 Å². The van der Waals surface area contributed by atoms with E-state index in [1.807, 2.05) is 13.0 Å². The van der Waals surface area contributed by atoms with Gasteiger partial charge in [-0.15, -0.1) is 0 Å². The van der Waals surface area contributed by atoms with Crippen LogP contribution < -0.4 is 4.74 Å². The summed E-state index contributed by atoms with van der Waals surface area (Å²) < 4.78 is 4.92. The topological polar surface area (TPSA) is 22.1 Å². The Bertz CT molecular complexity index is 198. The molecular weight excluding hydrogens is 114 g/mol. The number of hydrogen-bond acceptors (Lipinski definition) is 2. The van der Waals surface area contributed by atoms with Crippen LogP contribution in [0.15, 0.2) is 12.1 Å². The summed E-state index contributed by atoms with van der Waals surface area (Å²) in [4.78, 5) is 3.88. The summed E-state index contributed by atoms with van der Waals surface area (Å²) in [6.45, 7) is 1.90. The normalized spacial score (nSPS) is 9.11. The third-order valence-electron chi connectivity index (χ3n) is 1.03. The Hall–Kier alpha value is -1.05. The fourth-order valence-corrected chi connectivity index (χ4v) is 0.595. The van der Waals surface area contributed by atoms with Gasteiger partial charge in [-0.2, -0.15) is 0 Å². The van der Waals surface area contributed by atoms with Gasteiger partial charge in [-0.25, -0.2) is 0 Å². The van der Waals surface area contributed by atoms with Crippen LogP contribution in [0.25, 0.3) is 0 Å². The summed E-state index contributed by atoms with van der Waals surface area (Å²) in [6.07, 6.45) is 2.71. The van der Waals surface area contributed by atoms with E-state index in [9.17, 15) is 0 Å². The summed E-state index contributed by atoms with van der Waals surface area (Å²) in [6, 6.07) is 3.56. The maximum absolute atomic E-state index is 4.92. The third kappa shape index (κ3) is 1.42. The van der Waals surface area contributed by atoms with E-state index in [-0.39, 0.29) is 0 Å². The fourth-order valence-electron chi connectivity index (χ4n) is 0.595. The van der Waals surface area contributed by atoms with Crippen LogP contribution in [0.3, 0.4) is 0 Å². The minimum Gasteiger partial charge on any atom is -0.497 e. The number of pyridine rings is 1. The van der Waals surface area contributed by atoms with E-state index < -0.39 is 0 Å². The Balaban J connectivity index is 2.94. The van der Waals surface area contributed by atoms with Crippen LogP contribution in [-0.2, 0) is 0 Å². The van der Waals surface area contributed by atoms with Crippen molar-refractivity contribution in [3.05, 3.63) is 24.0 Å². The Morgan fingerprint density at radius 2 is 2.44 bits per heavy atom. The molecule has 0 saturated carbocycles. The van der Waals surface area contributed by atoms with E-state index in [4.69, 9.17) is 4.74 Å². The van der Waals surface area contributed by atoms with Gasteiger partial charge in [0, 0.05) is 17.8 Å². The van der Waals surface area contributed by atoms with Crippen molar-refractivity contribution in [2.24, 2.45) is 0 Å². The molecule has 0 unspecified atom stereocenters. The van der Waals surface area contributed by atoms with Gasteiger partial charge in [0.15, 0.2) is 0 Å². The van der Waals surface area contributed by atoms with E-state index in [0.29, 0.717) is 0 Å². The lowest BCUT2D eigenvalue weighted by Crippen LogP contribution is -1.84. The van der Waals surface area contributed by atoms with Crippen molar-refractivity contribution in [3.8, 4) is 5.75 Å². The highest BCUT2D eigenvalue weighted by Gasteiger charge is 1.88. The average Bonchev–Trinajstić information content (AvgIpc) is 1.88. The van der Waals surface area contributed by atoms with E-state index >= 15 is 0 Å². The van der Waals surface area contributed by atoms with Gasteiger partial charge >= 0.3 is 0 Å². The molecule has 0 spiro atoms. The second kappa shape index (κ2) is 2.49. The van der Waals surface area contributed by atoms with Crippen molar-refractivity contribution in [2.45, 2.75) is 6.92 Å². The van der Waals surface area contributed by atoms with Gasteiger partial charge in [-0.3, -0.25) is 4.98 Å². The number of aryl methyl sites for hydroxylation is 1. The molecule has 1 aromatic heterocycles. The van der Waals surface area contributed by atoms with Gasteiger partial charge < -0.3 is 4.74 Å². The van der Waals surface area contributed by atoms with Gasteiger partial charge in [-0.1, -0.05) is 0 Å². The van der Waals surface area contributed by atoms with Gasteiger partial charge in [0.05, 0.1) is 13.3 Å². The van der Waals surface area contributed by atoms with Crippen LogP contribution in [0, 0.1) is 13.1 Å². The quantitative estimate of drug-likeness (QED) is 0.558. The molecule has 0 saturated heterocycles. The summed E-state index contributed by atoms with van der Waals surface area (Å²) >= 11 is 0. The lowest BCUT2D eigenvalue weighted by atomic mass is 10.4. The van der Waals surface area contributed by atoms with Crippen LogP contribution in [0.1, 0.15) is 5.69 Å². The van der Waals surface area contributed by atoms with Crippen LogP contribution in [0.5, 0.6) is 5.75 Å². The number of rotatable bonds is 1. The van der Waals surface area contributed by atoms with Crippen molar-refractivity contribution in [3.63, 3.8) is 0 Å². The Morgan fingerprint density at radius 3 is 2.89 bits per heavy atom. The molecule has 0 atom stereocenters. The largest absolute Gasteiger partial charge is 0.497 e. The van der Waals surface area contributed by atoms with Crippen molar-refractivity contribution in [1.82, 2.24) is 4.98 Å². The number of methoxy groups -OCH3 is 1. The first kappa shape index (κ1) is 6.08. The molecular formula is C7H8NO. The minimum absolute atomic E-state index is 0.808. The fraction of sp³-hybridized carbons (Fsp3) is 0.286. The smallest absolute Gasteiger partial charge is 0.122 e. The molecule has 1 aromatic rings. The summed E-state index contributed by atoms with van der Waals surface area (Å²) in [5.74, 6) is 0.808. The van der Waals surface area contributed by atoms with E-state index in [0.717, 1.165) is 11.4 Å². The maximum atomic E-state index is 4.92. The first-order chi connectivity index (χ1) is 4.33. The second-order valence-corrected chi connectivity index (χ2v) is 1.78. The average molecular weight is 122 g/mol. The summed E-state index contributed by atoms with van der Waals surface area (Å²) in [7, 11) is 1.63. The monoisotopic (exact) mass is 122 g/mol. The van der Waals surface area contributed by atoms with E-state index in [1.165, 1.54) is 0 Å².